The van der Waals surface area contributed by atoms with E-state index in [-0.39, 0.29) is 0 Å². The molecule has 0 aromatic heterocycles. The minimum atomic E-state index is -1.81. The zero-order valence-corrected chi connectivity index (χ0v) is 7.16. The Labute approximate surface area is 45.7 Å². The van der Waals surface area contributed by atoms with Gasteiger partial charge < -0.3 is 15.5 Å². The number of carbonyl (C=O) groups excluding carboxylic acids is 1. The van der Waals surface area contributed by atoms with Gasteiger partial charge in [-0.2, -0.15) is 0 Å². The number of primary amides is 1. The molecule has 0 bridgehead atoms. The summed E-state index contributed by atoms with van der Waals surface area (Å²) in [4.78, 5) is 20.5. The Bertz CT molecular complexity index is 74.1. The second-order valence-corrected chi connectivity index (χ2v) is 6.11. The largest absolute Gasteiger partial charge is 0.420 e. The smallest absolute Gasteiger partial charge is 0.305 e. The first kappa shape index (κ1) is 6.66. The SMILES string of the molecule is NC(=O)N[SiH](O)[SiH3]. The van der Waals surface area contributed by atoms with E-state index in [4.69, 9.17) is 4.80 Å². The molecule has 42 valence electrons. The molecule has 0 saturated carbocycles. The molecule has 4 N–H and O–H groups in total. The molecule has 0 aromatic rings. The second kappa shape index (κ2) is 2.77. The van der Waals surface area contributed by atoms with Crippen LogP contribution in [0.4, 0.5) is 4.79 Å². The van der Waals surface area contributed by atoms with Crippen LogP contribution in [0.25, 0.3) is 0 Å². The van der Waals surface area contributed by atoms with Crippen molar-refractivity contribution >= 4 is 24.5 Å². The van der Waals surface area contributed by atoms with Crippen molar-refractivity contribution in [2.75, 3.05) is 0 Å². The molecule has 0 fully saturated rings. The maximum Gasteiger partial charge on any atom is 0.305 e. The Morgan fingerprint density at radius 1 is 2.00 bits per heavy atom. The fourth-order valence-electron chi connectivity index (χ4n) is 0.206. The van der Waals surface area contributed by atoms with Crippen molar-refractivity contribution in [3.05, 3.63) is 0 Å². The molecule has 0 aliphatic heterocycles. The summed E-state index contributed by atoms with van der Waals surface area (Å²) in [6, 6.07) is -0.617. The minimum Gasteiger partial charge on any atom is -0.420 e. The average Bonchev–Trinajstić information content (AvgIpc) is 1.27. The van der Waals surface area contributed by atoms with Crippen LogP contribution in [0.2, 0.25) is 0 Å². The van der Waals surface area contributed by atoms with Gasteiger partial charge in [-0.3, -0.25) is 0 Å². The van der Waals surface area contributed by atoms with Gasteiger partial charge >= 0.3 is 6.03 Å². The number of nitrogens with one attached hydrogen (secondary N) is 1. The molecule has 0 radical (unpaired) electrons. The molecule has 4 nitrogen and oxygen atoms in total. The summed E-state index contributed by atoms with van der Waals surface area (Å²) >= 11 is 0. The third-order valence-corrected chi connectivity index (χ3v) is 1.92. The molecule has 0 rings (SSSR count). The molecule has 0 aromatic carbocycles. The van der Waals surface area contributed by atoms with E-state index >= 15 is 0 Å². The first-order chi connectivity index (χ1) is 3.13. The maximum atomic E-state index is 9.82. The molecular weight excluding hydrogens is 128 g/mol. The van der Waals surface area contributed by atoms with Gasteiger partial charge in [0, 0.05) is 0 Å². The van der Waals surface area contributed by atoms with Crippen molar-refractivity contribution in [1.29, 1.82) is 0 Å². The Morgan fingerprint density at radius 2 is 2.43 bits per heavy atom. The number of carbonyl (C=O) groups is 1. The highest BCUT2D eigenvalue weighted by Gasteiger charge is 1.96. The number of hydrogen-bond acceptors (Lipinski definition) is 2. The van der Waals surface area contributed by atoms with Crippen molar-refractivity contribution < 1.29 is 9.59 Å². The minimum absolute atomic E-state index is 0.617. The zero-order valence-electron chi connectivity index (χ0n) is 4.01. The Morgan fingerprint density at radius 3 is 2.43 bits per heavy atom. The van der Waals surface area contributed by atoms with Crippen molar-refractivity contribution in [1.82, 2.24) is 4.98 Å². The predicted octanol–water partition coefficient (Wildman–Crippen LogP) is -3.27. The summed E-state index contributed by atoms with van der Waals surface area (Å²) in [5, 5.41) is 0. The lowest BCUT2D eigenvalue weighted by molar-refractivity contribution is 0.252. The molecule has 0 aliphatic carbocycles. The number of nitrogens with two attached hydrogens (primary N) is 1. The van der Waals surface area contributed by atoms with Crippen molar-refractivity contribution in [3.63, 3.8) is 0 Å². The molecular formula is CH8N2O2Si2. The third-order valence-electron chi connectivity index (χ3n) is 0.351. The molecule has 1 atom stereocenters. The molecule has 0 spiro atoms. The van der Waals surface area contributed by atoms with Gasteiger partial charge in [0.15, 0.2) is 0 Å². The lowest BCUT2D eigenvalue weighted by Gasteiger charge is -1.98. The highest BCUT2D eigenvalue weighted by atomic mass is 29.2. The van der Waals surface area contributed by atoms with Crippen molar-refractivity contribution in [2.24, 2.45) is 5.73 Å². The van der Waals surface area contributed by atoms with Crippen molar-refractivity contribution in [3.8, 4) is 0 Å². The van der Waals surface area contributed by atoms with E-state index in [9.17, 15) is 4.79 Å². The zero-order chi connectivity index (χ0) is 5.86. The van der Waals surface area contributed by atoms with Gasteiger partial charge in [0.05, 0.1) is 9.76 Å². The molecule has 0 heterocycles. The van der Waals surface area contributed by atoms with E-state index in [1.807, 2.05) is 0 Å². The van der Waals surface area contributed by atoms with Crippen LogP contribution < -0.4 is 10.7 Å². The van der Waals surface area contributed by atoms with Crippen LogP contribution in [0.1, 0.15) is 0 Å². The number of hydrogen-bond donors (Lipinski definition) is 3. The average molecular weight is 136 g/mol. The molecule has 0 saturated heterocycles. The van der Waals surface area contributed by atoms with Gasteiger partial charge in [-0.15, -0.1) is 0 Å². The standard InChI is InChI=1S/CH8N2O2Si2/c2-1(4)3-7(5)6/h5,7H,6H3,(H3,2,3,4). The van der Waals surface area contributed by atoms with E-state index in [1.165, 1.54) is 0 Å². The predicted molar refractivity (Wildman–Crippen MR) is 32.0 cm³/mol. The van der Waals surface area contributed by atoms with Gasteiger partial charge in [0.2, 0.25) is 0 Å². The Balaban J connectivity index is 3.13. The second-order valence-electron chi connectivity index (χ2n) is 1.18. The quantitative estimate of drug-likeness (QED) is 0.331. The molecule has 7 heavy (non-hydrogen) atoms. The highest BCUT2D eigenvalue weighted by Crippen LogP contribution is 1.54. The summed E-state index contributed by atoms with van der Waals surface area (Å²) in [5.41, 5.74) is 4.64. The van der Waals surface area contributed by atoms with Crippen LogP contribution in [0, 0.1) is 0 Å². The first-order valence-corrected chi connectivity index (χ1v) is 7.58. The summed E-state index contributed by atoms with van der Waals surface area (Å²) in [6.45, 7) is 0. The number of urea groups is 1. The first-order valence-electron chi connectivity index (χ1n) is 1.87. The van der Waals surface area contributed by atoms with E-state index < -0.39 is 14.8 Å². The fraction of sp³-hybridized carbons (Fsp3) is 0. The van der Waals surface area contributed by atoms with Crippen LogP contribution in [-0.2, 0) is 0 Å². The topological polar surface area (TPSA) is 75.4 Å². The molecule has 1 unspecified atom stereocenters. The van der Waals surface area contributed by atoms with Crippen LogP contribution in [0.3, 0.4) is 0 Å². The lowest BCUT2D eigenvalue weighted by Crippen LogP contribution is -2.42. The van der Waals surface area contributed by atoms with Crippen molar-refractivity contribution in [2.45, 2.75) is 0 Å². The van der Waals surface area contributed by atoms with Gasteiger partial charge in [-0.05, 0) is 0 Å². The van der Waals surface area contributed by atoms with Gasteiger partial charge in [-0.25, -0.2) is 4.79 Å². The highest BCUT2D eigenvalue weighted by molar-refractivity contribution is 6.97. The number of rotatable bonds is 1. The van der Waals surface area contributed by atoms with Gasteiger partial charge in [-0.1, -0.05) is 0 Å². The molecule has 0 aliphatic rings. The van der Waals surface area contributed by atoms with E-state index in [2.05, 4.69) is 10.7 Å². The van der Waals surface area contributed by atoms with Crippen LogP contribution in [0.15, 0.2) is 0 Å². The molecule has 2 amide bonds. The van der Waals surface area contributed by atoms with E-state index in [1.54, 1.807) is 0 Å². The summed E-state index contributed by atoms with van der Waals surface area (Å²) in [6.07, 6.45) is 0. The number of amides is 2. The van der Waals surface area contributed by atoms with Crippen LogP contribution in [-0.4, -0.2) is 29.3 Å². The fourth-order valence-corrected chi connectivity index (χ4v) is 1.47. The van der Waals surface area contributed by atoms with E-state index in [0.29, 0.717) is 9.76 Å². The maximum absolute atomic E-state index is 9.82. The summed E-state index contributed by atoms with van der Waals surface area (Å²) < 4.78 is 0. The van der Waals surface area contributed by atoms with Crippen LogP contribution >= 0.6 is 0 Å². The third kappa shape index (κ3) is 5.66. The lowest BCUT2D eigenvalue weighted by atomic mass is 11.2. The summed E-state index contributed by atoms with van der Waals surface area (Å²) in [5.74, 6) is 0. The van der Waals surface area contributed by atoms with Gasteiger partial charge in [0.1, 0.15) is 0 Å². The van der Waals surface area contributed by atoms with Crippen LogP contribution in [0.5, 0.6) is 0 Å². The Kier molecular flexibility index (Phi) is 2.64. The molecule has 6 heteroatoms. The Hall–Kier alpha value is -0.336. The van der Waals surface area contributed by atoms with E-state index in [0.717, 1.165) is 0 Å². The monoisotopic (exact) mass is 136 g/mol. The summed E-state index contributed by atoms with van der Waals surface area (Å²) in [7, 11) is -1.16. The normalized spacial score (nSPS) is 13.3. The van der Waals surface area contributed by atoms with Gasteiger partial charge in [0.25, 0.3) is 8.72 Å².